The van der Waals surface area contributed by atoms with Crippen molar-refractivity contribution in [3.8, 4) is 11.3 Å². The Labute approximate surface area is 141 Å². The van der Waals surface area contributed by atoms with Gasteiger partial charge in [0.15, 0.2) is 0 Å². The molecule has 3 aromatic rings. The normalized spacial score (nSPS) is 10.2. The van der Waals surface area contributed by atoms with Crippen LogP contribution >= 0.6 is 0 Å². The maximum atomic E-state index is 4.62. The molecular weight excluding hydrogens is 298 g/mol. The third-order valence-electron chi connectivity index (χ3n) is 3.40. The molecule has 3 rings (SSSR count). The van der Waals surface area contributed by atoms with E-state index in [4.69, 9.17) is 0 Å². The number of benzene rings is 1. The van der Waals surface area contributed by atoms with E-state index in [1.54, 1.807) is 12.3 Å². The Balaban J connectivity index is 1.85. The highest BCUT2D eigenvalue weighted by Crippen LogP contribution is 2.21. The van der Waals surface area contributed by atoms with Crippen LogP contribution in [0.1, 0.15) is 5.56 Å². The molecule has 1 aromatic carbocycles. The highest BCUT2D eigenvalue weighted by molar-refractivity contribution is 5.64. The lowest BCUT2D eigenvalue weighted by Gasteiger charge is -2.10. The van der Waals surface area contributed by atoms with Crippen LogP contribution < -0.4 is 10.6 Å². The number of nitrogens with zero attached hydrogens (tertiary/aromatic N) is 3. The lowest BCUT2D eigenvalue weighted by molar-refractivity contribution is 1.04. The van der Waals surface area contributed by atoms with E-state index >= 15 is 0 Å². The first kappa shape index (κ1) is 15.7. The van der Waals surface area contributed by atoms with Crippen LogP contribution in [0.15, 0.2) is 73.6 Å². The van der Waals surface area contributed by atoms with E-state index in [9.17, 15) is 0 Å². The van der Waals surface area contributed by atoms with Crippen LogP contribution in [0, 0.1) is 0 Å². The van der Waals surface area contributed by atoms with Crippen molar-refractivity contribution in [1.82, 2.24) is 15.0 Å². The molecule has 0 saturated carbocycles. The van der Waals surface area contributed by atoms with Crippen LogP contribution in [0.5, 0.6) is 0 Å². The molecule has 2 N–H and O–H groups in total. The second-order valence-electron chi connectivity index (χ2n) is 5.21. The average Bonchev–Trinajstić information content (AvgIpc) is 2.66. The summed E-state index contributed by atoms with van der Waals surface area (Å²) in [5.74, 6) is 1.34. The van der Waals surface area contributed by atoms with E-state index < -0.39 is 0 Å². The van der Waals surface area contributed by atoms with Crippen LogP contribution in [-0.4, -0.2) is 21.5 Å². The Morgan fingerprint density at radius 3 is 2.62 bits per heavy atom. The second-order valence-corrected chi connectivity index (χ2v) is 5.21. The highest BCUT2D eigenvalue weighted by Gasteiger charge is 2.06. The van der Waals surface area contributed by atoms with Crippen LogP contribution in [-0.2, 0) is 6.54 Å². The predicted octanol–water partition coefficient (Wildman–Crippen LogP) is 3.75. The first-order valence-electron chi connectivity index (χ1n) is 7.77. The quantitative estimate of drug-likeness (QED) is 0.650. The summed E-state index contributed by atoms with van der Waals surface area (Å²) >= 11 is 0. The molecule has 0 bridgehead atoms. The van der Waals surface area contributed by atoms with Gasteiger partial charge in [0, 0.05) is 37.1 Å². The molecular formula is C19H19N5. The summed E-state index contributed by atoms with van der Waals surface area (Å²) < 4.78 is 0. The van der Waals surface area contributed by atoms with Crippen LogP contribution in [0.2, 0.25) is 0 Å². The average molecular weight is 317 g/mol. The molecule has 0 unspecified atom stereocenters. The van der Waals surface area contributed by atoms with Crippen LogP contribution in [0.25, 0.3) is 11.3 Å². The molecule has 0 atom stereocenters. The number of nitrogens with one attached hydrogen (secondary N) is 2. The van der Waals surface area contributed by atoms with Crippen LogP contribution in [0.3, 0.4) is 0 Å². The standard InChI is InChI=1S/C19H19N5/c1-2-10-21-18-12-17(16-8-4-3-5-9-16)23-19(24-18)22-14-15-7-6-11-20-13-15/h2-9,11-13H,1,10,14H2,(H2,21,22,23,24). The van der Waals surface area contributed by atoms with Gasteiger partial charge in [-0.3, -0.25) is 4.98 Å². The Morgan fingerprint density at radius 2 is 1.88 bits per heavy atom. The molecule has 0 radical (unpaired) electrons. The molecule has 120 valence electrons. The summed E-state index contributed by atoms with van der Waals surface area (Å²) in [6.45, 7) is 4.99. The lowest BCUT2D eigenvalue weighted by Crippen LogP contribution is -2.08. The molecule has 24 heavy (non-hydrogen) atoms. The molecule has 0 amide bonds. The summed E-state index contributed by atoms with van der Waals surface area (Å²) in [5, 5.41) is 6.48. The van der Waals surface area contributed by atoms with Gasteiger partial charge >= 0.3 is 0 Å². The summed E-state index contributed by atoms with van der Waals surface area (Å²) in [6.07, 6.45) is 5.38. The van der Waals surface area contributed by atoms with E-state index in [0.717, 1.165) is 22.6 Å². The number of pyridine rings is 1. The Kier molecular flexibility index (Phi) is 5.14. The van der Waals surface area contributed by atoms with E-state index in [2.05, 4.69) is 32.2 Å². The summed E-state index contributed by atoms with van der Waals surface area (Å²) in [4.78, 5) is 13.2. The number of hydrogen-bond acceptors (Lipinski definition) is 5. The minimum atomic E-state index is 0.576. The van der Waals surface area contributed by atoms with Gasteiger partial charge in [0.05, 0.1) is 5.69 Å². The third-order valence-corrected chi connectivity index (χ3v) is 3.40. The molecule has 2 aromatic heterocycles. The molecule has 0 fully saturated rings. The number of hydrogen-bond donors (Lipinski definition) is 2. The first-order valence-corrected chi connectivity index (χ1v) is 7.77. The second kappa shape index (κ2) is 7.87. The fraction of sp³-hybridized carbons (Fsp3) is 0.105. The highest BCUT2D eigenvalue weighted by atomic mass is 15.1. The zero-order valence-electron chi connectivity index (χ0n) is 13.3. The van der Waals surface area contributed by atoms with Crippen molar-refractivity contribution in [3.05, 3.63) is 79.1 Å². The van der Waals surface area contributed by atoms with E-state index in [-0.39, 0.29) is 0 Å². The molecule has 0 aliphatic rings. The van der Waals surface area contributed by atoms with Crippen molar-refractivity contribution in [2.75, 3.05) is 17.2 Å². The van der Waals surface area contributed by atoms with Crippen molar-refractivity contribution in [2.45, 2.75) is 6.54 Å². The summed E-state index contributed by atoms with van der Waals surface area (Å²) in [5.41, 5.74) is 2.99. The fourth-order valence-corrected chi connectivity index (χ4v) is 2.23. The number of anilines is 2. The minimum Gasteiger partial charge on any atom is -0.366 e. The number of aromatic nitrogens is 3. The zero-order valence-corrected chi connectivity index (χ0v) is 13.3. The molecule has 5 heteroatoms. The maximum Gasteiger partial charge on any atom is 0.225 e. The summed E-state index contributed by atoms with van der Waals surface area (Å²) in [6, 6.07) is 15.9. The predicted molar refractivity (Wildman–Crippen MR) is 97.7 cm³/mol. The smallest absolute Gasteiger partial charge is 0.225 e. The Bertz CT molecular complexity index is 787. The SMILES string of the molecule is C=CCNc1cc(-c2ccccc2)nc(NCc2cccnc2)n1. The molecule has 2 heterocycles. The zero-order chi connectivity index (χ0) is 16.6. The van der Waals surface area contributed by atoms with Gasteiger partial charge in [-0.05, 0) is 11.6 Å². The lowest BCUT2D eigenvalue weighted by atomic mass is 10.1. The molecule has 0 saturated heterocycles. The van der Waals surface area contributed by atoms with Gasteiger partial charge in [0.2, 0.25) is 5.95 Å². The van der Waals surface area contributed by atoms with Crippen LogP contribution in [0.4, 0.5) is 11.8 Å². The molecule has 0 aliphatic heterocycles. The van der Waals surface area contributed by atoms with Gasteiger partial charge in [-0.25, -0.2) is 4.98 Å². The van der Waals surface area contributed by atoms with Gasteiger partial charge in [-0.1, -0.05) is 42.5 Å². The van der Waals surface area contributed by atoms with Crippen molar-refractivity contribution in [3.63, 3.8) is 0 Å². The molecule has 5 nitrogen and oxygen atoms in total. The van der Waals surface area contributed by atoms with Gasteiger partial charge in [-0.15, -0.1) is 6.58 Å². The fourth-order valence-electron chi connectivity index (χ4n) is 2.23. The van der Waals surface area contributed by atoms with Gasteiger partial charge in [0.1, 0.15) is 5.82 Å². The first-order chi connectivity index (χ1) is 11.8. The van der Waals surface area contributed by atoms with E-state index in [1.165, 1.54) is 0 Å². The maximum absolute atomic E-state index is 4.62. The van der Waals surface area contributed by atoms with E-state index in [0.29, 0.717) is 19.0 Å². The number of rotatable bonds is 7. The molecule has 0 spiro atoms. The Hall–Kier alpha value is -3.21. The van der Waals surface area contributed by atoms with Gasteiger partial charge in [-0.2, -0.15) is 4.98 Å². The van der Waals surface area contributed by atoms with Crippen molar-refractivity contribution in [1.29, 1.82) is 0 Å². The van der Waals surface area contributed by atoms with Crippen molar-refractivity contribution < 1.29 is 0 Å². The van der Waals surface area contributed by atoms with Gasteiger partial charge < -0.3 is 10.6 Å². The third kappa shape index (κ3) is 4.16. The van der Waals surface area contributed by atoms with E-state index in [1.807, 2.05) is 54.7 Å². The van der Waals surface area contributed by atoms with Crippen molar-refractivity contribution >= 4 is 11.8 Å². The Morgan fingerprint density at radius 1 is 1.00 bits per heavy atom. The minimum absolute atomic E-state index is 0.576. The van der Waals surface area contributed by atoms with Crippen molar-refractivity contribution in [2.24, 2.45) is 0 Å². The molecule has 0 aliphatic carbocycles. The topological polar surface area (TPSA) is 62.7 Å². The largest absolute Gasteiger partial charge is 0.366 e. The monoisotopic (exact) mass is 317 g/mol. The van der Waals surface area contributed by atoms with Gasteiger partial charge in [0.25, 0.3) is 0 Å². The summed E-state index contributed by atoms with van der Waals surface area (Å²) in [7, 11) is 0.